The zero-order valence-corrected chi connectivity index (χ0v) is 20.4. The van der Waals surface area contributed by atoms with Crippen molar-refractivity contribution in [3.8, 4) is 11.5 Å². The van der Waals surface area contributed by atoms with Gasteiger partial charge in [-0.1, -0.05) is 23.7 Å². The minimum Gasteiger partial charge on any atom is -0.496 e. The maximum absolute atomic E-state index is 13.1. The molecular formula is C28H26ClN3O3. The number of carbonyl (C=O) groups excluding carboxylic acids is 1. The number of carbonyl (C=O) groups is 1. The van der Waals surface area contributed by atoms with E-state index >= 15 is 0 Å². The highest BCUT2D eigenvalue weighted by molar-refractivity contribution is 6.31. The maximum Gasteiger partial charge on any atom is 0.259 e. The third kappa shape index (κ3) is 4.62. The van der Waals surface area contributed by atoms with Crippen molar-refractivity contribution < 1.29 is 14.3 Å². The van der Waals surface area contributed by atoms with E-state index in [9.17, 15) is 4.79 Å². The van der Waals surface area contributed by atoms with Gasteiger partial charge < -0.3 is 20.1 Å². The lowest BCUT2D eigenvalue weighted by Crippen LogP contribution is -2.14. The van der Waals surface area contributed by atoms with Gasteiger partial charge in [0.2, 0.25) is 0 Å². The molecule has 0 fully saturated rings. The Morgan fingerprint density at radius 2 is 1.74 bits per heavy atom. The molecule has 0 radical (unpaired) electrons. The molecule has 0 spiro atoms. The van der Waals surface area contributed by atoms with E-state index < -0.39 is 0 Å². The van der Waals surface area contributed by atoms with Crippen LogP contribution in [0.5, 0.6) is 11.5 Å². The molecule has 6 nitrogen and oxygen atoms in total. The second kappa shape index (κ2) is 9.84. The van der Waals surface area contributed by atoms with Gasteiger partial charge in [-0.2, -0.15) is 0 Å². The molecule has 178 valence electrons. The Labute approximate surface area is 209 Å². The number of para-hydroxylation sites is 2. The summed E-state index contributed by atoms with van der Waals surface area (Å²) in [6, 6.07) is 18.6. The SMILES string of the molecule is COc1ccccc1Nc1c2c(nc3ccc(NC(=O)c4cc(Cl)ccc4OC)cc13)CCCC2. The van der Waals surface area contributed by atoms with Gasteiger partial charge in [0.25, 0.3) is 5.91 Å². The van der Waals surface area contributed by atoms with Crippen molar-refractivity contribution in [2.75, 3.05) is 24.9 Å². The minimum absolute atomic E-state index is 0.297. The van der Waals surface area contributed by atoms with Crippen molar-refractivity contribution in [3.63, 3.8) is 0 Å². The Bertz CT molecular complexity index is 1420. The van der Waals surface area contributed by atoms with Crippen LogP contribution in [0.4, 0.5) is 17.1 Å². The van der Waals surface area contributed by atoms with E-state index in [0.29, 0.717) is 22.0 Å². The molecule has 2 N–H and O–H groups in total. The molecule has 0 bridgehead atoms. The number of fused-ring (bicyclic) bond motifs is 2. The number of ether oxygens (including phenoxy) is 2. The smallest absolute Gasteiger partial charge is 0.259 e. The number of nitrogens with zero attached hydrogens (tertiary/aromatic N) is 1. The molecule has 5 rings (SSSR count). The molecule has 7 heteroatoms. The summed E-state index contributed by atoms with van der Waals surface area (Å²) >= 11 is 6.13. The van der Waals surface area contributed by atoms with E-state index in [2.05, 4.69) is 10.6 Å². The van der Waals surface area contributed by atoms with Crippen LogP contribution in [0.1, 0.15) is 34.5 Å². The summed E-state index contributed by atoms with van der Waals surface area (Å²) in [5.41, 5.74) is 6.14. The van der Waals surface area contributed by atoms with Crippen LogP contribution < -0.4 is 20.1 Å². The van der Waals surface area contributed by atoms with Gasteiger partial charge in [-0.25, -0.2) is 0 Å². The molecule has 1 aliphatic carbocycles. The molecule has 0 aliphatic heterocycles. The molecule has 1 aromatic heterocycles. The first kappa shape index (κ1) is 23.0. The normalized spacial score (nSPS) is 12.7. The van der Waals surface area contributed by atoms with Crippen molar-refractivity contribution >= 4 is 45.5 Å². The average Bonchev–Trinajstić information content (AvgIpc) is 2.89. The fourth-order valence-electron chi connectivity index (χ4n) is 4.58. The topological polar surface area (TPSA) is 72.5 Å². The van der Waals surface area contributed by atoms with Crippen molar-refractivity contribution in [1.29, 1.82) is 0 Å². The van der Waals surface area contributed by atoms with Crippen LogP contribution in [0.15, 0.2) is 60.7 Å². The Morgan fingerprint density at radius 3 is 2.57 bits per heavy atom. The number of anilines is 3. The molecule has 0 unspecified atom stereocenters. The first-order chi connectivity index (χ1) is 17.1. The predicted octanol–water partition coefficient (Wildman–Crippen LogP) is 6.78. The predicted molar refractivity (Wildman–Crippen MR) is 141 cm³/mol. The summed E-state index contributed by atoms with van der Waals surface area (Å²) in [6.07, 6.45) is 4.16. The van der Waals surface area contributed by atoms with Crippen LogP contribution in [-0.4, -0.2) is 25.1 Å². The second-order valence-electron chi connectivity index (χ2n) is 8.48. The van der Waals surface area contributed by atoms with E-state index in [-0.39, 0.29) is 5.91 Å². The largest absolute Gasteiger partial charge is 0.496 e. The van der Waals surface area contributed by atoms with Crippen LogP contribution in [0.25, 0.3) is 10.9 Å². The molecule has 4 aromatic rings. The van der Waals surface area contributed by atoms with E-state index in [1.807, 2.05) is 42.5 Å². The number of rotatable bonds is 6. The fourth-order valence-corrected chi connectivity index (χ4v) is 4.76. The quantitative estimate of drug-likeness (QED) is 0.313. The molecule has 35 heavy (non-hydrogen) atoms. The van der Waals surface area contributed by atoms with E-state index in [1.165, 1.54) is 12.7 Å². The van der Waals surface area contributed by atoms with Crippen molar-refractivity contribution in [1.82, 2.24) is 4.98 Å². The average molecular weight is 488 g/mol. The fraction of sp³-hybridized carbons (Fsp3) is 0.214. The lowest BCUT2D eigenvalue weighted by atomic mass is 9.92. The first-order valence-electron chi connectivity index (χ1n) is 11.6. The zero-order valence-electron chi connectivity index (χ0n) is 19.7. The number of pyridine rings is 1. The van der Waals surface area contributed by atoms with Gasteiger partial charge in [0.1, 0.15) is 11.5 Å². The zero-order chi connectivity index (χ0) is 24.4. The number of hydrogen-bond acceptors (Lipinski definition) is 5. The summed E-state index contributed by atoms with van der Waals surface area (Å²) in [4.78, 5) is 18.0. The van der Waals surface area contributed by atoms with Gasteiger partial charge in [-0.15, -0.1) is 0 Å². The van der Waals surface area contributed by atoms with Crippen LogP contribution >= 0.6 is 11.6 Å². The maximum atomic E-state index is 13.1. The molecule has 0 saturated carbocycles. The Hall–Kier alpha value is -3.77. The number of nitrogens with one attached hydrogen (secondary N) is 2. The van der Waals surface area contributed by atoms with Gasteiger partial charge in [0.15, 0.2) is 0 Å². The Kier molecular flexibility index (Phi) is 6.47. The third-order valence-electron chi connectivity index (χ3n) is 6.29. The van der Waals surface area contributed by atoms with Gasteiger partial charge in [0.05, 0.1) is 36.7 Å². The van der Waals surface area contributed by atoms with E-state index in [0.717, 1.165) is 59.4 Å². The van der Waals surface area contributed by atoms with Gasteiger partial charge in [-0.05, 0) is 79.8 Å². The summed E-state index contributed by atoms with van der Waals surface area (Å²) in [5, 5.41) is 8.01. The number of amides is 1. The van der Waals surface area contributed by atoms with Gasteiger partial charge in [-0.3, -0.25) is 9.78 Å². The standard InChI is InChI=1S/C28H26ClN3O3/c1-34-25-14-11-17(29)15-21(25)28(33)30-18-12-13-23-20(16-18)27(19-7-3-4-8-22(19)31-23)32-24-9-5-6-10-26(24)35-2/h5-6,9-16H,3-4,7-8H2,1-2H3,(H,30,33)(H,31,32). The number of benzene rings is 3. The van der Waals surface area contributed by atoms with Crippen molar-refractivity contribution in [2.45, 2.75) is 25.7 Å². The lowest BCUT2D eigenvalue weighted by molar-refractivity contribution is 0.102. The number of aryl methyl sites for hydroxylation is 1. The monoisotopic (exact) mass is 487 g/mol. The van der Waals surface area contributed by atoms with Crippen LogP contribution in [0.2, 0.25) is 5.02 Å². The van der Waals surface area contributed by atoms with E-state index in [4.69, 9.17) is 26.1 Å². The highest BCUT2D eigenvalue weighted by Crippen LogP contribution is 2.38. The summed E-state index contributed by atoms with van der Waals surface area (Å²) in [5.74, 6) is 0.926. The summed E-state index contributed by atoms with van der Waals surface area (Å²) in [6.45, 7) is 0. The van der Waals surface area contributed by atoms with Gasteiger partial charge in [0, 0.05) is 21.8 Å². The van der Waals surface area contributed by atoms with Crippen molar-refractivity contribution in [2.24, 2.45) is 0 Å². The second-order valence-corrected chi connectivity index (χ2v) is 8.91. The molecule has 1 heterocycles. The van der Waals surface area contributed by atoms with Crippen molar-refractivity contribution in [3.05, 3.63) is 82.5 Å². The molecule has 1 aliphatic rings. The Balaban J connectivity index is 1.58. The van der Waals surface area contributed by atoms with Crippen LogP contribution in [-0.2, 0) is 12.8 Å². The molecule has 3 aromatic carbocycles. The lowest BCUT2D eigenvalue weighted by Gasteiger charge is -2.23. The summed E-state index contributed by atoms with van der Waals surface area (Å²) in [7, 11) is 3.19. The number of aromatic nitrogens is 1. The number of hydrogen-bond donors (Lipinski definition) is 2. The van der Waals surface area contributed by atoms with Crippen LogP contribution in [0.3, 0.4) is 0 Å². The summed E-state index contributed by atoms with van der Waals surface area (Å²) < 4.78 is 10.9. The highest BCUT2D eigenvalue weighted by atomic mass is 35.5. The van der Waals surface area contributed by atoms with Gasteiger partial charge >= 0.3 is 0 Å². The number of methoxy groups -OCH3 is 2. The molecule has 0 atom stereocenters. The first-order valence-corrected chi connectivity index (χ1v) is 12.0. The Morgan fingerprint density at radius 1 is 0.943 bits per heavy atom. The number of halogens is 1. The molecular weight excluding hydrogens is 462 g/mol. The van der Waals surface area contributed by atoms with Crippen LogP contribution in [0, 0.1) is 0 Å². The molecule has 0 saturated heterocycles. The highest BCUT2D eigenvalue weighted by Gasteiger charge is 2.20. The molecule has 1 amide bonds. The third-order valence-corrected chi connectivity index (χ3v) is 6.53. The van der Waals surface area contributed by atoms with E-state index in [1.54, 1.807) is 25.3 Å². The minimum atomic E-state index is -0.297.